The van der Waals surface area contributed by atoms with Crippen molar-refractivity contribution in [3.05, 3.63) is 23.1 Å². The Bertz CT molecular complexity index is 299. The molecular weight excluding hydrogens is 176 g/mol. The zero-order valence-electron chi connectivity index (χ0n) is 6.55. The molecule has 0 spiro atoms. The lowest BCUT2D eigenvalue weighted by molar-refractivity contribution is 0.0949. The normalized spacial score (nSPS) is 16.4. The molecule has 1 aliphatic carbocycles. The zero-order chi connectivity index (χ0) is 8.55. The van der Waals surface area contributed by atoms with Gasteiger partial charge in [-0.2, -0.15) is 0 Å². The molecule has 2 rings (SSSR count). The third kappa shape index (κ3) is 1.69. The van der Waals surface area contributed by atoms with Gasteiger partial charge >= 0.3 is 0 Å². The topological polar surface area (TPSA) is 30.2 Å². The highest BCUT2D eigenvalue weighted by Gasteiger charge is 2.26. The van der Waals surface area contributed by atoms with Crippen LogP contribution in [0.3, 0.4) is 0 Å². The predicted molar refractivity (Wildman–Crippen MR) is 45.4 cm³/mol. The Morgan fingerprint density at radius 1 is 1.58 bits per heavy atom. The smallest absolute Gasteiger partial charge is 0.198 e. The van der Waals surface area contributed by atoms with Crippen LogP contribution in [0.2, 0.25) is 5.22 Å². The lowest BCUT2D eigenvalue weighted by Gasteiger charge is -1.92. The van der Waals surface area contributed by atoms with Gasteiger partial charge in [0, 0.05) is 6.42 Å². The molecule has 0 aromatic carbocycles. The number of hydrogen-bond acceptors (Lipinski definition) is 2. The summed E-state index contributed by atoms with van der Waals surface area (Å²) in [6.07, 6.45) is 2.98. The molecule has 64 valence electrons. The highest BCUT2D eigenvalue weighted by molar-refractivity contribution is 6.29. The van der Waals surface area contributed by atoms with Crippen LogP contribution in [0.25, 0.3) is 0 Å². The quantitative estimate of drug-likeness (QED) is 0.677. The van der Waals surface area contributed by atoms with E-state index in [1.54, 1.807) is 12.1 Å². The minimum atomic E-state index is 0.0735. The number of carbonyl (C=O) groups is 1. The first-order valence-corrected chi connectivity index (χ1v) is 4.42. The third-order valence-electron chi connectivity index (χ3n) is 2.02. The fraction of sp³-hybridized carbons (Fsp3) is 0.444. The molecule has 2 nitrogen and oxygen atoms in total. The monoisotopic (exact) mass is 184 g/mol. The molecule has 1 fully saturated rings. The van der Waals surface area contributed by atoms with Crippen molar-refractivity contribution in [1.82, 2.24) is 0 Å². The van der Waals surface area contributed by atoms with Gasteiger partial charge in [-0.1, -0.05) is 0 Å². The molecule has 0 amide bonds. The van der Waals surface area contributed by atoms with Gasteiger partial charge in [-0.3, -0.25) is 4.79 Å². The van der Waals surface area contributed by atoms with Crippen LogP contribution in [-0.2, 0) is 0 Å². The first-order valence-electron chi connectivity index (χ1n) is 4.04. The van der Waals surface area contributed by atoms with Crippen LogP contribution in [0, 0.1) is 5.92 Å². The van der Waals surface area contributed by atoms with Crippen molar-refractivity contribution < 1.29 is 9.21 Å². The molecule has 0 unspecified atom stereocenters. The van der Waals surface area contributed by atoms with Crippen molar-refractivity contribution in [3.63, 3.8) is 0 Å². The Morgan fingerprint density at radius 3 is 2.83 bits per heavy atom. The van der Waals surface area contributed by atoms with E-state index < -0.39 is 0 Å². The summed E-state index contributed by atoms with van der Waals surface area (Å²) < 4.78 is 4.99. The molecule has 0 N–H and O–H groups in total. The number of carbonyl (C=O) groups excluding carboxylic acids is 1. The fourth-order valence-electron chi connectivity index (χ4n) is 1.15. The van der Waals surface area contributed by atoms with Gasteiger partial charge in [0.05, 0.1) is 0 Å². The van der Waals surface area contributed by atoms with Crippen molar-refractivity contribution in [1.29, 1.82) is 0 Å². The maximum absolute atomic E-state index is 11.4. The Morgan fingerprint density at radius 2 is 2.33 bits per heavy atom. The van der Waals surface area contributed by atoms with Gasteiger partial charge < -0.3 is 4.42 Å². The van der Waals surface area contributed by atoms with Crippen molar-refractivity contribution >= 4 is 17.4 Å². The second-order valence-corrected chi connectivity index (χ2v) is 3.55. The van der Waals surface area contributed by atoms with E-state index in [1.165, 1.54) is 12.8 Å². The van der Waals surface area contributed by atoms with Gasteiger partial charge in [-0.25, -0.2) is 0 Å². The summed E-state index contributed by atoms with van der Waals surface area (Å²) in [6, 6.07) is 3.23. The summed E-state index contributed by atoms with van der Waals surface area (Å²) in [7, 11) is 0. The van der Waals surface area contributed by atoms with Crippen LogP contribution in [-0.4, -0.2) is 5.78 Å². The predicted octanol–water partition coefficient (Wildman–Crippen LogP) is 2.92. The molecule has 0 atom stereocenters. The van der Waals surface area contributed by atoms with Crippen molar-refractivity contribution in [2.24, 2.45) is 5.92 Å². The van der Waals surface area contributed by atoms with Crippen LogP contribution in [0.5, 0.6) is 0 Å². The van der Waals surface area contributed by atoms with E-state index in [0.717, 1.165) is 0 Å². The van der Waals surface area contributed by atoms with Crippen molar-refractivity contribution in [3.8, 4) is 0 Å². The highest BCUT2D eigenvalue weighted by Crippen LogP contribution is 2.33. The average Bonchev–Trinajstić information content (AvgIpc) is 2.72. The van der Waals surface area contributed by atoms with Gasteiger partial charge in [0.2, 0.25) is 0 Å². The summed E-state index contributed by atoms with van der Waals surface area (Å²) in [5.41, 5.74) is 0. The second kappa shape index (κ2) is 2.94. The molecule has 0 radical (unpaired) electrons. The van der Waals surface area contributed by atoms with Crippen LogP contribution in [0.4, 0.5) is 0 Å². The summed E-state index contributed by atoms with van der Waals surface area (Å²) in [4.78, 5) is 11.4. The minimum Gasteiger partial charge on any atom is -0.442 e. The van der Waals surface area contributed by atoms with Crippen LogP contribution in [0.1, 0.15) is 29.8 Å². The summed E-state index contributed by atoms with van der Waals surface area (Å²) in [5.74, 6) is 1.07. The van der Waals surface area contributed by atoms with Crippen LogP contribution < -0.4 is 0 Å². The van der Waals surface area contributed by atoms with E-state index in [9.17, 15) is 4.79 Å². The molecule has 1 aromatic rings. The van der Waals surface area contributed by atoms with Crippen molar-refractivity contribution in [2.45, 2.75) is 19.3 Å². The van der Waals surface area contributed by atoms with E-state index >= 15 is 0 Å². The number of Topliss-reactive ketones (excluding diaryl/α,β-unsaturated/α-hetero) is 1. The standard InChI is InChI=1S/C9H9ClO2/c10-9-4-3-8(12-9)7(11)5-6-1-2-6/h3-4,6H,1-2,5H2. The molecule has 1 heterocycles. The van der Waals surface area contributed by atoms with Gasteiger partial charge in [0.15, 0.2) is 16.8 Å². The SMILES string of the molecule is O=C(CC1CC1)c1ccc(Cl)o1. The lowest BCUT2D eigenvalue weighted by Crippen LogP contribution is -1.97. The summed E-state index contributed by atoms with van der Waals surface area (Å²) in [5, 5.41) is 0.286. The molecule has 0 bridgehead atoms. The summed E-state index contributed by atoms with van der Waals surface area (Å²) >= 11 is 5.54. The second-order valence-electron chi connectivity index (χ2n) is 3.17. The van der Waals surface area contributed by atoms with E-state index in [1.807, 2.05) is 0 Å². The van der Waals surface area contributed by atoms with Crippen LogP contribution in [0.15, 0.2) is 16.5 Å². The zero-order valence-corrected chi connectivity index (χ0v) is 7.30. The number of halogens is 1. The third-order valence-corrected chi connectivity index (χ3v) is 2.22. The lowest BCUT2D eigenvalue weighted by atomic mass is 10.2. The fourth-order valence-corrected chi connectivity index (χ4v) is 1.30. The molecule has 0 aliphatic heterocycles. The van der Waals surface area contributed by atoms with Gasteiger partial charge in [-0.05, 0) is 42.5 Å². The highest BCUT2D eigenvalue weighted by atomic mass is 35.5. The molecule has 1 saturated carbocycles. The van der Waals surface area contributed by atoms with E-state index in [-0.39, 0.29) is 11.0 Å². The number of ketones is 1. The number of furan rings is 1. The number of rotatable bonds is 3. The van der Waals surface area contributed by atoms with Crippen molar-refractivity contribution in [2.75, 3.05) is 0 Å². The van der Waals surface area contributed by atoms with E-state index in [2.05, 4.69) is 0 Å². The summed E-state index contributed by atoms with van der Waals surface area (Å²) in [6.45, 7) is 0. The molecular formula is C9H9ClO2. The molecule has 1 aliphatic rings. The maximum atomic E-state index is 11.4. The molecule has 0 saturated heterocycles. The van der Waals surface area contributed by atoms with E-state index in [4.69, 9.17) is 16.0 Å². The molecule has 1 aromatic heterocycles. The minimum absolute atomic E-state index is 0.0735. The Kier molecular flexibility index (Phi) is 1.93. The molecule has 3 heteroatoms. The van der Waals surface area contributed by atoms with E-state index in [0.29, 0.717) is 18.1 Å². The average molecular weight is 185 g/mol. The first kappa shape index (κ1) is 7.87. The maximum Gasteiger partial charge on any atom is 0.198 e. The largest absolute Gasteiger partial charge is 0.442 e. The van der Waals surface area contributed by atoms with Gasteiger partial charge in [0.25, 0.3) is 0 Å². The van der Waals surface area contributed by atoms with Gasteiger partial charge in [-0.15, -0.1) is 0 Å². The molecule has 12 heavy (non-hydrogen) atoms. The Labute approximate surface area is 75.5 Å². The Balaban J connectivity index is 2.03. The van der Waals surface area contributed by atoms with Gasteiger partial charge in [0.1, 0.15) is 0 Å². The number of hydrogen-bond donors (Lipinski definition) is 0. The first-order chi connectivity index (χ1) is 5.75. The van der Waals surface area contributed by atoms with Crippen LogP contribution >= 0.6 is 11.6 Å². The Hall–Kier alpha value is -0.760.